The Morgan fingerprint density at radius 1 is 1.20 bits per heavy atom. The molecule has 1 saturated heterocycles. The third-order valence-electron chi connectivity index (χ3n) is 4.57. The van der Waals surface area contributed by atoms with Gasteiger partial charge >= 0.3 is 0 Å². The van der Waals surface area contributed by atoms with Crippen LogP contribution in [0.15, 0.2) is 24.3 Å². The van der Waals surface area contributed by atoms with Crippen molar-refractivity contribution in [3.05, 3.63) is 35.4 Å². The van der Waals surface area contributed by atoms with E-state index in [4.69, 9.17) is 0 Å². The zero-order chi connectivity index (χ0) is 14.6. The topological polar surface area (TPSA) is 15.3 Å². The largest absolute Gasteiger partial charge is 0.313 e. The Hall–Kier alpha value is -0.860. The fourth-order valence-corrected chi connectivity index (χ4v) is 3.07. The van der Waals surface area contributed by atoms with Crippen molar-refractivity contribution in [2.75, 3.05) is 19.6 Å². The summed E-state index contributed by atoms with van der Waals surface area (Å²) in [5.41, 5.74) is 3.38. The van der Waals surface area contributed by atoms with Crippen molar-refractivity contribution in [1.29, 1.82) is 0 Å². The normalized spacial score (nSPS) is 20.5. The summed E-state index contributed by atoms with van der Waals surface area (Å²) in [7, 11) is 0. The summed E-state index contributed by atoms with van der Waals surface area (Å²) in [4.78, 5) is 2.63. The molecule has 0 amide bonds. The SMILES string of the molecule is CCNCc1ccccc1CN1CCC(C(C)(C)C)C1. The molecule has 1 heterocycles. The first-order valence-electron chi connectivity index (χ1n) is 8.00. The van der Waals surface area contributed by atoms with Gasteiger partial charge in [-0.25, -0.2) is 0 Å². The summed E-state index contributed by atoms with van der Waals surface area (Å²) >= 11 is 0. The average Bonchev–Trinajstić information content (AvgIpc) is 2.86. The lowest BCUT2D eigenvalue weighted by atomic mass is 9.80. The Morgan fingerprint density at radius 3 is 2.50 bits per heavy atom. The van der Waals surface area contributed by atoms with E-state index < -0.39 is 0 Å². The Balaban J connectivity index is 1.97. The molecule has 0 spiro atoms. The van der Waals surface area contributed by atoms with Gasteiger partial charge in [0, 0.05) is 19.6 Å². The van der Waals surface area contributed by atoms with Crippen LogP contribution < -0.4 is 5.32 Å². The predicted molar refractivity (Wildman–Crippen MR) is 86.7 cm³/mol. The van der Waals surface area contributed by atoms with Gasteiger partial charge in [-0.05, 0) is 42.0 Å². The minimum atomic E-state index is 0.442. The van der Waals surface area contributed by atoms with E-state index in [0.717, 1.165) is 25.6 Å². The van der Waals surface area contributed by atoms with Crippen molar-refractivity contribution in [3.63, 3.8) is 0 Å². The number of hydrogen-bond acceptors (Lipinski definition) is 2. The van der Waals surface area contributed by atoms with Crippen LogP contribution in [0.1, 0.15) is 45.2 Å². The van der Waals surface area contributed by atoms with Crippen LogP contribution in [0, 0.1) is 11.3 Å². The van der Waals surface area contributed by atoms with Crippen molar-refractivity contribution in [3.8, 4) is 0 Å². The van der Waals surface area contributed by atoms with E-state index in [1.54, 1.807) is 0 Å². The predicted octanol–water partition coefficient (Wildman–Crippen LogP) is 3.66. The molecule has 2 heteroatoms. The molecule has 1 aromatic rings. The third-order valence-corrected chi connectivity index (χ3v) is 4.57. The monoisotopic (exact) mass is 274 g/mol. The van der Waals surface area contributed by atoms with Crippen LogP contribution in [0.2, 0.25) is 0 Å². The maximum atomic E-state index is 3.44. The highest BCUT2D eigenvalue weighted by molar-refractivity contribution is 5.27. The molecule has 1 unspecified atom stereocenters. The van der Waals surface area contributed by atoms with Gasteiger partial charge in [0.15, 0.2) is 0 Å². The second kappa shape index (κ2) is 6.73. The zero-order valence-electron chi connectivity index (χ0n) is 13.6. The van der Waals surface area contributed by atoms with Gasteiger partial charge in [0.25, 0.3) is 0 Å². The quantitative estimate of drug-likeness (QED) is 0.881. The van der Waals surface area contributed by atoms with E-state index in [1.165, 1.54) is 30.6 Å². The maximum absolute atomic E-state index is 3.44. The number of nitrogens with zero attached hydrogens (tertiary/aromatic N) is 1. The summed E-state index contributed by atoms with van der Waals surface area (Å²) in [6.07, 6.45) is 1.35. The van der Waals surface area contributed by atoms with Crippen LogP contribution in [0.3, 0.4) is 0 Å². The van der Waals surface area contributed by atoms with Gasteiger partial charge in [0.1, 0.15) is 0 Å². The second-order valence-electron chi connectivity index (χ2n) is 7.14. The number of rotatable bonds is 5. The summed E-state index contributed by atoms with van der Waals surface area (Å²) < 4.78 is 0. The highest BCUT2D eigenvalue weighted by atomic mass is 15.1. The van der Waals surface area contributed by atoms with Gasteiger partial charge in [-0.1, -0.05) is 52.0 Å². The summed E-state index contributed by atoms with van der Waals surface area (Å²) in [5, 5.41) is 3.44. The zero-order valence-corrected chi connectivity index (χ0v) is 13.6. The average molecular weight is 274 g/mol. The van der Waals surface area contributed by atoms with Crippen molar-refractivity contribution >= 4 is 0 Å². The highest BCUT2D eigenvalue weighted by Gasteiger charge is 2.31. The molecule has 1 aliphatic rings. The third kappa shape index (κ3) is 4.07. The van der Waals surface area contributed by atoms with Crippen LogP contribution in [-0.4, -0.2) is 24.5 Å². The lowest BCUT2D eigenvalue weighted by molar-refractivity contribution is 0.226. The lowest BCUT2D eigenvalue weighted by Gasteiger charge is -2.27. The van der Waals surface area contributed by atoms with Crippen LogP contribution in [0.5, 0.6) is 0 Å². The van der Waals surface area contributed by atoms with Crippen molar-refractivity contribution in [2.45, 2.75) is 47.2 Å². The molecular formula is C18H30N2. The number of likely N-dealkylation sites (tertiary alicyclic amines) is 1. The molecule has 0 radical (unpaired) electrons. The van der Waals surface area contributed by atoms with E-state index >= 15 is 0 Å². The minimum Gasteiger partial charge on any atom is -0.313 e. The van der Waals surface area contributed by atoms with Crippen LogP contribution >= 0.6 is 0 Å². The number of nitrogens with one attached hydrogen (secondary N) is 1. The summed E-state index contributed by atoms with van der Waals surface area (Å²) in [6.45, 7) is 14.9. The Labute approximate surface area is 124 Å². The first-order chi connectivity index (χ1) is 9.50. The molecule has 1 aliphatic heterocycles. The van der Waals surface area contributed by atoms with Gasteiger partial charge < -0.3 is 5.32 Å². The van der Waals surface area contributed by atoms with E-state index in [2.05, 4.69) is 62.2 Å². The van der Waals surface area contributed by atoms with Crippen LogP contribution in [0.4, 0.5) is 0 Å². The molecule has 0 saturated carbocycles. The van der Waals surface area contributed by atoms with Crippen molar-refractivity contribution in [2.24, 2.45) is 11.3 Å². The molecule has 1 N–H and O–H groups in total. The van der Waals surface area contributed by atoms with Crippen LogP contribution in [0.25, 0.3) is 0 Å². The fraction of sp³-hybridized carbons (Fsp3) is 0.667. The Kier molecular flexibility index (Phi) is 5.22. The number of hydrogen-bond donors (Lipinski definition) is 1. The van der Waals surface area contributed by atoms with Crippen molar-refractivity contribution < 1.29 is 0 Å². The standard InChI is InChI=1S/C18H30N2/c1-5-19-12-15-8-6-7-9-16(15)13-20-11-10-17(14-20)18(2,3)4/h6-9,17,19H,5,10-14H2,1-4H3. The van der Waals surface area contributed by atoms with Gasteiger partial charge in [-0.3, -0.25) is 4.90 Å². The molecule has 112 valence electrons. The molecule has 2 nitrogen and oxygen atoms in total. The molecule has 1 fully saturated rings. The van der Waals surface area contributed by atoms with E-state index in [0.29, 0.717) is 5.41 Å². The molecular weight excluding hydrogens is 244 g/mol. The second-order valence-corrected chi connectivity index (χ2v) is 7.14. The Bertz CT molecular complexity index is 420. The smallest absolute Gasteiger partial charge is 0.0237 e. The molecule has 0 aromatic heterocycles. The van der Waals surface area contributed by atoms with Gasteiger partial charge in [-0.15, -0.1) is 0 Å². The first kappa shape index (κ1) is 15.5. The highest BCUT2D eigenvalue weighted by Crippen LogP contribution is 2.34. The fourth-order valence-electron chi connectivity index (χ4n) is 3.07. The van der Waals surface area contributed by atoms with E-state index in [9.17, 15) is 0 Å². The molecule has 1 aromatic carbocycles. The maximum Gasteiger partial charge on any atom is 0.0237 e. The van der Waals surface area contributed by atoms with E-state index in [1.807, 2.05) is 0 Å². The van der Waals surface area contributed by atoms with E-state index in [-0.39, 0.29) is 0 Å². The van der Waals surface area contributed by atoms with Crippen LogP contribution in [-0.2, 0) is 13.1 Å². The lowest BCUT2D eigenvalue weighted by Crippen LogP contribution is -2.26. The molecule has 2 rings (SSSR count). The van der Waals surface area contributed by atoms with Gasteiger partial charge in [-0.2, -0.15) is 0 Å². The molecule has 0 aliphatic carbocycles. The van der Waals surface area contributed by atoms with Gasteiger partial charge in [0.05, 0.1) is 0 Å². The summed E-state index contributed by atoms with van der Waals surface area (Å²) in [6, 6.07) is 8.87. The minimum absolute atomic E-state index is 0.442. The van der Waals surface area contributed by atoms with Crippen molar-refractivity contribution in [1.82, 2.24) is 10.2 Å². The first-order valence-corrected chi connectivity index (χ1v) is 8.00. The molecule has 0 bridgehead atoms. The van der Waals surface area contributed by atoms with Gasteiger partial charge in [0.2, 0.25) is 0 Å². The molecule has 20 heavy (non-hydrogen) atoms. The summed E-state index contributed by atoms with van der Waals surface area (Å²) in [5.74, 6) is 0.837. The molecule has 1 atom stereocenters. The Morgan fingerprint density at radius 2 is 1.90 bits per heavy atom. The number of benzene rings is 1.